The number of para-hydroxylation sites is 1. The zero-order valence-electron chi connectivity index (χ0n) is 13.0. The van der Waals surface area contributed by atoms with Gasteiger partial charge in [0.15, 0.2) is 0 Å². The number of ether oxygens (including phenoxy) is 1. The normalized spacial score (nSPS) is 17.9. The summed E-state index contributed by atoms with van der Waals surface area (Å²) in [4.78, 5) is 0. The molecule has 2 heteroatoms. The molecule has 2 nitrogen and oxygen atoms in total. The van der Waals surface area contributed by atoms with Gasteiger partial charge in [0.2, 0.25) is 0 Å². The number of benzene rings is 1. The van der Waals surface area contributed by atoms with Gasteiger partial charge in [0.05, 0.1) is 0 Å². The first-order valence-electron chi connectivity index (χ1n) is 8.26. The van der Waals surface area contributed by atoms with Gasteiger partial charge in [-0.15, -0.1) is 0 Å². The van der Waals surface area contributed by atoms with E-state index in [1.165, 1.54) is 37.7 Å². The molecular formula is C18H29NO. The van der Waals surface area contributed by atoms with E-state index in [2.05, 4.69) is 43.4 Å². The first-order valence-corrected chi connectivity index (χ1v) is 8.26. The van der Waals surface area contributed by atoms with E-state index in [0.717, 1.165) is 31.4 Å². The highest BCUT2D eigenvalue weighted by molar-refractivity contribution is 5.35. The van der Waals surface area contributed by atoms with E-state index < -0.39 is 0 Å². The topological polar surface area (TPSA) is 21.3 Å². The molecule has 1 N–H and O–H groups in total. The van der Waals surface area contributed by atoms with Crippen LogP contribution in [-0.2, 0) is 0 Å². The van der Waals surface area contributed by atoms with Crippen molar-refractivity contribution in [3.63, 3.8) is 0 Å². The third-order valence-corrected chi connectivity index (χ3v) is 4.46. The van der Waals surface area contributed by atoms with Crippen LogP contribution in [0.1, 0.15) is 63.9 Å². The van der Waals surface area contributed by atoms with Gasteiger partial charge in [0, 0.05) is 12.6 Å². The minimum atomic E-state index is 0.567. The Bertz CT molecular complexity index is 385. The van der Waals surface area contributed by atoms with Crippen molar-refractivity contribution in [3.8, 4) is 5.75 Å². The smallest absolute Gasteiger partial charge is 0.122 e. The summed E-state index contributed by atoms with van der Waals surface area (Å²) < 4.78 is 5.99. The molecule has 0 saturated heterocycles. The number of rotatable bonds is 7. The van der Waals surface area contributed by atoms with Gasteiger partial charge < -0.3 is 10.1 Å². The van der Waals surface area contributed by atoms with E-state index >= 15 is 0 Å². The van der Waals surface area contributed by atoms with Crippen molar-refractivity contribution >= 4 is 0 Å². The molecule has 0 bridgehead atoms. The second kappa shape index (κ2) is 8.31. The lowest BCUT2D eigenvalue weighted by molar-refractivity contribution is 0.286. The zero-order valence-corrected chi connectivity index (χ0v) is 13.0. The Morgan fingerprint density at radius 2 is 1.95 bits per heavy atom. The van der Waals surface area contributed by atoms with E-state index in [1.807, 2.05) is 0 Å². The molecule has 0 amide bonds. The van der Waals surface area contributed by atoms with Crippen LogP contribution in [-0.4, -0.2) is 19.2 Å². The van der Waals surface area contributed by atoms with Gasteiger partial charge in [-0.3, -0.25) is 0 Å². The molecule has 0 aromatic heterocycles. The van der Waals surface area contributed by atoms with Crippen molar-refractivity contribution in [2.75, 3.05) is 13.2 Å². The molecule has 1 aliphatic rings. The van der Waals surface area contributed by atoms with Crippen molar-refractivity contribution in [2.45, 2.75) is 64.3 Å². The third-order valence-electron chi connectivity index (χ3n) is 4.46. The van der Waals surface area contributed by atoms with Gasteiger partial charge in [0.1, 0.15) is 12.4 Å². The molecule has 1 aromatic carbocycles. The molecule has 0 spiro atoms. The second-order valence-corrected chi connectivity index (χ2v) is 5.98. The summed E-state index contributed by atoms with van der Waals surface area (Å²) >= 11 is 0. The molecule has 112 valence electrons. The Morgan fingerprint density at radius 1 is 1.20 bits per heavy atom. The fraction of sp³-hybridized carbons (Fsp3) is 0.667. The summed E-state index contributed by atoms with van der Waals surface area (Å²) in [6, 6.07) is 9.18. The lowest BCUT2D eigenvalue weighted by atomic mass is 9.96. The molecule has 1 aliphatic carbocycles. The SMILES string of the molecule is CCC(C)c1ccccc1OCCNC1CCCCC1. The van der Waals surface area contributed by atoms with Crippen LogP contribution >= 0.6 is 0 Å². The molecular weight excluding hydrogens is 246 g/mol. The fourth-order valence-electron chi connectivity index (χ4n) is 2.97. The second-order valence-electron chi connectivity index (χ2n) is 5.98. The third kappa shape index (κ3) is 4.52. The maximum Gasteiger partial charge on any atom is 0.122 e. The van der Waals surface area contributed by atoms with Crippen LogP contribution in [0.25, 0.3) is 0 Å². The van der Waals surface area contributed by atoms with Crippen LogP contribution in [0.4, 0.5) is 0 Å². The van der Waals surface area contributed by atoms with Gasteiger partial charge in [-0.2, -0.15) is 0 Å². The van der Waals surface area contributed by atoms with E-state index in [0.29, 0.717) is 5.92 Å². The maximum atomic E-state index is 5.99. The summed E-state index contributed by atoms with van der Waals surface area (Å²) in [6.45, 7) is 6.22. The Morgan fingerprint density at radius 3 is 2.70 bits per heavy atom. The van der Waals surface area contributed by atoms with Crippen molar-refractivity contribution in [3.05, 3.63) is 29.8 Å². The van der Waals surface area contributed by atoms with Crippen molar-refractivity contribution in [1.82, 2.24) is 5.32 Å². The van der Waals surface area contributed by atoms with Crippen LogP contribution in [0.15, 0.2) is 24.3 Å². The molecule has 0 radical (unpaired) electrons. The van der Waals surface area contributed by atoms with Crippen molar-refractivity contribution in [2.24, 2.45) is 0 Å². The lowest BCUT2D eigenvalue weighted by Gasteiger charge is -2.23. The lowest BCUT2D eigenvalue weighted by Crippen LogP contribution is -2.34. The standard InChI is InChI=1S/C18H29NO/c1-3-15(2)17-11-7-8-12-18(17)20-14-13-19-16-9-5-4-6-10-16/h7-8,11-12,15-16,19H,3-6,9-10,13-14H2,1-2H3. The first-order chi connectivity index (χ1) is 9.81. The molecule has 20 heavy (non-hydrogen) atoms. The van der Waals surface area contributed by atoms with Gasteiger partial charge in [0.25, 0.3) is 0 Å². The number of hydrogen-bond acceptors (Lipinski definition) is 2. The Balaban J connectivity index is 1.76. The zero-order chi connectivity index (χ0) is 14.2. The highest BCUT2D eigenvalue weighted by Crippen LogP contribution is 2.28. The minimum Gasteiger partial charge on any atom is -0.492 e. The highest BCUT2D eigenvalue weighted by atomic mass is 16.5. The van der Waals surface area contributed by atoms with Crippen LogP contribution in [0.3, 0.4) is 0 Å². The summed E-state index contributed by atoms with van der Waals surface area (Å²) in [7, 11) is 0. The van der Waals surface area contributed by atoms with E-state index in [-0.39, 0.29) is 0 Å². The van der Waals surface area contributed by atoms with Crippen molar-refractivity contribution < 1.29 is 4.74 Å². The summed E-state index contributed by atoms with van der Waals surface area (Å²) in [5.41, 5.74) is 1.34. The molecule has 2 rings (SSSR count). The van der Waals surface area contributed by atoms with Gasteiger partial charge in [-0.1, -0.05) is 51.3 Å². The predicted octanol–water partition coefficient (Wildman–Crippen LogP) is 4.50. The fourth-order valence-corrected chi connectivity index (χ4v) is 2.97. The predicted molar refractivity (Wildman–Crippen MR) is 85.5 cm³/mol. The molecule has 1 unspecified atom stereocenters. The number of hydrogen-bond donors (Lipinski definition) is 1. The van der Waals surface area contributed by atoms with E-state index in [1.54, 1.807) is 0 Å². The summed E-state index contributed by atoms with van der Waals surface area (Å²) in [5.74, 6) is 1.63. The Labute approximate surface area is 123 Å². The van der Waals surface area contributed by atoms with E-state index in [9.17, 15) is 0 Å². The van der Waals surface area contributed by atoms with Gasteiger partial charge in [-0.05, 0) is 36.8 Å². The Hall–Kier alpha value is -1.02. The number of nitrogens with one attached hydrogen (secondary N) is 1. The molecule has 1 saturated carbocycles. The average molecular weight is 275 g/mol. The highest BCUT2D eigenvalue weighted by Gasteiger charge is 2.12. The first kappa shape index (κ1) is 15.4. The Kier molecular flexibility index (Phi) is 6.38. The van der Waals surface area contributed by atoms with Crippen LogP contribution in [0, 0.1) is 0 Å². The van der Waals surface area contributed by atoms with Gasteiger partial charge in [-0.25, -0.2) is 0 Å². The van der Waals surface area contributed by atoms with Crippen LogP contribution in [0.5, 0.6) is 5.75 Å². The van der Waals surface area contributed by atoms with Gasteiger partial charge >= 0.3 is 0 Å². The quantitative estimate of drug-likeness (QED) is 0.740. The monoisotopic (exact) mass is 275 g/mol. The molecule has 1 fully saturated rings. The minimum absolute atomic E-state index is 0.567. The molecule has 1 atom stereocenters. The summed E-state index contributed by atoms with van der Waals surface area (Å²) in [5, 5.41) is 3.63. The van der Waals surface area contributed by atoms with Crippen LogP contribution in [0.2, 0.25) is 0 Å². The molecule has 0 heterocycles. The van der Waals surface area contributed by atoms with E-state index in [4.69, 9.17) is 4.74 Å². The van der Waals surface area contributed by atoms with Crippen LogP contribution < -0.4 is 10.1 Å². The largest absolute Gasteiger partial charge is 0.492 e. The molecule has 0 aliphatic heterocycles. The molecule has 1 aromatic rings. The average Bonchev–Trinajstić information content (AvgIpc) is 2.52. The summed E-state index contributed by atoms with van der Waals surface area (Å²) in [6.07, 6.45) is 8.01. The maximum absolute atomic E-state index is 5.99. The van der Waals surface area contributed by atoms with Crippen molar-refractivity contribution in [1.29, 1.82) is 0 Å².